The van der Waals surface area contributed by atoms with Crippen LogP contribution in [0.15, 0.2) is 0 Å². The maximum Gasteiger partial charge on any atom is 0.303 e. The number of hydrogen-bond donors (Lipinski definition) is 2. The van der Waals surface area contributed by atoms with E-state index in [9.17, 15) is 4.79 Å². The van der Waals surface area contributed by atoms with Crippen LogP contribution in [0.25, 0.3) is 0 Å². The van der Waals surface area contributed by atoms with Gasteiger partial charge in [-0.1, -0.05) is 6.42 Å². The van der Waals surface area contributed by atoms with E-state index in [1.54, 1.807) is 0 Å². The molecule has 13 heavy (non-hydrogen) atoms. The summed E-state index contributed by atoms with van der Waals surface area (Å²) in [5, 5.41) is 8.65. The van der Waals surface area contributed by atoms with Crippen molar-refractivity contribution in [1.82, 2.24) is 0 Å². The zero-order valence-electron chi connectivity index (χ0n) is 7.53. The Morgan fingerprint density at radius 2 is 2.15 bits per heavy atom. The lowest BCUT2D eigenvalue weighted by molar-refractivity contribution is -0.146. The van der Waals surface area contributed by atoms with E-state index in [0.29, 0.717) is 12.3 Å². The van der Waals surface area contributed by atoms with Crippen LogP contribution in [0.5, 0.6) is 0 Å². The molecule has 0 heterocycles. The van der Waals surface area contributed by atoms with Crippen molar-refractivity contribution < 1.29 is 9.90 Å². The summed E-state index contributed by atoms with van der Waals surface area (Å²) in [7, 11) is 0. The SMILES string of the molecule is Cl.N[C@@H]1C[C@H](CC(=O)O)C12CCC2. The average Bonchev–Trinajstić information content (AvgIpc) is 1.81. The second-order valence-corrected chi connectivity index (χ2v) is 4.22. The Balaban J connectivity index is 0.000000845. The van der Waals surface area contributed by atoms with Gasteiger partial charge >= 0.3 is 5.97 Å². The molecule has 2 aliphatic rings. The number of rotatable bonds is 2. The maximum absolute atomic E-state index is 10.5. The normalized spacial score (nSPS) is 34.2. The van der Waals surface area contributed by atoms with Crippen molar-refractivity contribution >= 4 is 18.4 Å². The van der Waals surface area contributed by atoms with Crippen molar-refractivity contribution in [3.63, 3.8) is 0 Å². The van der Waals surface area contributed by atoms with Crippen LogP contribution in [-0.2, 0) is 4.79 Å². The molecule has 0 aliphatic heterocycles. The minimum atomic E-state index is -0.668. The molecule has 2 aliphatic carbocycles. The summed E-state index contributed by atoms with van der Waals surface area (Å²) in [6.07, 6.45) is 4.81. The Morgan fingerprint density at radius 1 is 1.54 bits per heavy atom. The predicted molar refractivity (Wildman–Crippen MR) is 51.9 cm³/mol. The van der Waals surface area contributed by atoms with Gasteiger partial charge in [-0.3, -0.25) is 4.79 Å². The van der Waals surface area contributed by atoms with Crippen LogP contribution in [0.4, 0.5) is 0 Å². The second kappa shape index (κ2) is 3.46. The number of nitrogens with two attached hydrogens (primary N) is 1. The molecule has 0 amide bonds. The van der Waals surface area contributed by atoms with Crippen molar-refractivity contribution in [2.24, 2.45) is 17.1 Å². The molecule has 2 saturated carbocycles. The van der Waals surface area contributed by atoms with Gasteiger partial charge in [0, 0.05) is 12.5 Å². The van der Waals surface area contributed by atoms with E-state index in [0.717, 1.165) is 19.3 Å². The Labute approximate surface area is 84.1 Å². The molecule has 0 aromatic heterocycles. The highest BCUT2D eigenvalue weighted by atomic mass is 35.5. The summed E-state index contributed by atoms with van der Waals surface area (Å²) in [5.41, 5.74) is 6.14. The Hall–Kier alpha value is -0.280. The van der Waals surface area contributed by atoms with Crippen LogP contribution in [0.3, 0.4) is 0 Å². The molecule has 1 spiro atoms. The van der Waals surface area contributed by atoms with E-state index in [4.69, 9.17) is 10.8 Å². The van der Waals surface area contributed by atoms with Gasteiger partial charge in [0.05, 0.1) is 0 Å². The first kappa shape index (κ1) is 10.8. The van der Waals surface area contributed by atoms with Crippen LogP contribution in [0.2, 0.25) is 0 Å². The first-order valence-electron chi connectivity index (χ1n) is 4.62. The molecule has 2 fully saturated rings. The molecule has 4 heteroatoms. The molecule has 76 valence electrons. The number of aliphatic carboxylic acids is 1. The van der Waals surface area contributed by atoms with Gasteiger partial charge in [-0.2, -0.15) is 0 Å². The molecular weight excluding hydrogens is 190 g/mol. The third-order valence-electron chi connectivity index (χ3n) is 3.80. The number of carbonyl (C=O) groups is 1. The lowest BCUT2D eigenvalue weighted by atomic mass is 9.46. The predicted octanol–water partition coefficient (Wildman–Crippen LogP) is 1.40. The van der Waals surface area contributed by atoms with Crippen molar-refractivity contribution in [3.8, 4) is 0 Å². The summed E-state index contributed by atoms with van der Waals surface area (Å²) >= 11 is 0. The fraction of sp³-hybridized carbons (Fsp3) is 0.889. The van der Waals surface area contributed by atoms with Gasteiger partial charge in [-0.15, -0.1) is 12.4 Å². The minimum absolute atomic E-state index is 0. The summed E-state index contributed by atoms with van der Waals surface area (Å²) < 4.78 is 0. The maximum atomic E-state index is 10.5. The van der Waals surface area contributed by atoms with Crippen LogP contribution >= 0.6 is 12.4 Å². The van der Waals surface area contributed by atoms with Crippen LogP contribution in [0, 0.1) is 11.3 Å². The largest absolute Gasteiger partial charge is 0.481 e. The van der Waals surface area contributed by atoms with Crippen LogP contribution in [0.1, 0.15) is 32.1 Å². The lowest BCUT2D eigenvalue weighted by Gasteiger charge is -2.60. The van der Waals surface area contributed by atoms with Crippen molar-refractivity contribution in [3.05, 3.63) is 0 Å². The summed E-state index contributed by atoms with van der Waals surface area (Å²) in [6.45, 7) is 0. The molecule has 2 atom stereocenters. The van der Waals surface area contributed by atoms with E-state index in [-0.39, 0.29) is 23.9 Å². The third-order valence-corrected chi connectivity index (χ3v) is 3.80. The summed E-state index contributed by atoms with van der Waals surface area (Å²) in [4.78, 5) is 10.5. The standard InChI is InChI=1S/C9H15NO2.ClH/c10-7-4-6(5-8(11)12)9(7)2-1-3-9;/h6-7H,1-5,10H2,(H,11,12);1H/t6-,7-;/m1./s1. The summed E-state index contributed by atoms with van der Waals surface area (Å²) in [6, 6.07) is 0.288. The van der Waals surface area contributed by atoms with Gasteiger partial charge in [0.15, 0.2) is 0 Å². The smallest absolute Gasteiger partial charge is 0.303 e. The van der Waals surface area contributed by atoms with Crippen molar-refractivity contribution in [1.29, 1.82) is 0 Å². The molecule has 3 nitrogen and oxygen atoms in total. The number of carboxylic acid groups (broad SMARTS) is 1. The van der Waals surface area contributed by atoms with E-state index in [1.807, 2.05) is 0 Å². The fourth-order valence-corrected chi connectivity index (χ4v) is 2.78. The molecule has 0 aromatic carbocycles. The zero-order valence-corrected chi connectivity index (χ0v) is 8.35. The highest BCUT2D eigenvalue weighted by molar-refractivity contribution is 5.85. The van der Waals surface area contributed by atoms with E-state index in [2.05, 4.69) is 0 Å². The van der Waals surface area contributed by atoms with Gasteiger partial charge in [-0.05, 0) is 30.6 Å². The number of carboxylic acids is 1. The van der Waals surface area contributed by atoms with Gasteiger partial charge in [0.2, 0.25) is 0 Å². The third kappa shape index (κ3) is 1.44. The van der Waals surface area contributed by atoms with Gasteiger partial charge in [0.1, 0.15) is 0 Å². The van der Waals surface area contributed by atoms with Crippen molar-refractivity contribution in [2.75, 3.05) is 0 Å². The molecular formula is C9H16ClNO2. The van der Waals surface area contributed by atoms with E-state index >= 15 is 0 Å². The van der Waals surface area contributed by atoms with Crippen molar-refractivity contribution in [2.45, 2.75) is 38.1 Å². The minimum Gasteiger partial charge on any atom is -0.481 e. The van der Waals surface area contributed by atoms with Crippen LogP contribution in [-0.4, -0.2) is 17.1 Å². The first-order chi connectivity index (χ1) is 5.65. The molecule has 2 rings (SSSR count). The second-order valence-electron chi connectivity index (χ2n) is 4.22. The quantitative estimate of drug-likeness (QED) is 0.717. The van der Waals surface area contributed by atoms with E-state index in [1.165, 1.54) is 6.42 Å². The van der Waals surface area contributed by atoms with E-state index < -0.39 is 5.97 Å². The highest BCUT2D eigenvalue weighted by Crippen LogP contribution is 2.59. The molecule has 0 aromatic rings. The molecule has 0 saturated heterocycles. The highest BCUT2D eigenvalue weighted by Gasteiger charge is 2.56. The molecule has 0 unspecified atom stereocenters. The monoisotopic (exact) mass is 205 g/mol. The molecule has 0 bridgehead atoms. The lowest BCUT2D eigenvalue weighted by Crippen LogP contribution is -2.61. The fourth-order valence-electron chi connectivity index (χ4n) is 2.78. The molecule has 3 N–H and O–H groups in total. The van der Waals surface area contributed by atoms with Gasteiger partial charge < -0.3 is 10.8 Å². The summed E-state index contributed by atoms with van der Waals surface area (Å²) in [5.74, 6) is -0.295. The number of hydrogen-bond acceptors (Lipinski definition) is 2. The zero-order chi connectivity index (χ0) is 8.77. The molecule has 0 radical (unpaired) electrons. The average molecular weight is 206 g/mol. The topological polar surface area (TPSA) is 63.3 Å². The Morgan fingerprint density at radius 3 is 2.46 bits per heavy atom. The Bertz CT molecular complexity index is 216. The van der Waals surface area contributed by atoms with Gasteiger partial charge in [-0.25, -0.2) is 0 Å². The first-order valence-corrected chi connectivity index (χ1v) is 4.62. The van der Waals surface area contributed by atoms with Gasteiger partial charge in [0.25, 0.3) is 0 Å². The van der Waals surface area contributed by atoms with Crippen LogP contribution < -0.4 is 5.73 Å². The Kier molecular flexibility index (Phi) is 2.88. The number of halogens is 1.